The summed E-state index contributed by atoms with van der Waals surface area (Å²) in [7, 11) is 0. The fourth-order valence-electron chi connectivity index (χ4n) is 5.54. The zero-order chi connectivity index (χ0) is 22.0. The van der Waals surface area contributed by atoms with Crippen LogP contribution in [0.2, 0.25) is 0 Å². The summed E-state index contributed by atoms with van der Waals surface area (Å²) in [6.45, 7) is 17.0. The number of thiol groups is 1. The summed E-state index contributed by atoms with van der Waals surface area (Å²) < 4.78 is 0. The molecule has 1 atom stereocenters. The zero-order valence-corrected chi connectivity index (χ0v) is 20.1. The summed E-state index contributed by atoms with van der Waals surface area (Å²) in [4.78, 5) is 0. The standard InChI is InChI=1S/C23H38N3O2S/c1-20(2)12-16(13-21(3,4)25(20)27)24-14-19(29)15-9-10-17-18(11-15)23(7,8)26(28)22(17,5)6/h9-11,16,19,24,28-29H,12-14H2,1-8H3. The van der Waals surface area contributed by atoms with E-state index in [0.717, 1.165) is 36.1 Å². The van der Waals surface area contributed by atoms with Crippen molar-refractivity contribution >= 4 is 12.6 Å². The topological polar surface area (TPSA) is 58.6 Å². The maximum atomic E-state index is 12.6. The molecule has 0 spiro atoms. The van der Waals surface area contributed by atoms with E-state index in [-0.39, 0.29) is 22.4 Å². The normalized spacial score (nSPS) is 27.0. The number of benzene rings is 1. The lowest BCUT2D eigenvalue weighted by Crippen LogP contribution is -2.62. The van der Waals surface area contributed by atoms with E-state index in [0.29, 0.717) is 0 Å². The Bertz CT molecular complexity index is 757. The van der Waals surface area contributed by atoms with Crippen molar-refractivity contribution in [3.05, 3.63) is 34.9 Å². The first-order chi connectivity index (χ1) is 13.1. The molecule has 2 aliphatic rings. The Kier molecular flexibility index (Phi) is 5.73. The molecule has 1 unspecified atom stereocenters. The van der Waals surface area contributed by atoms with Crippen molar-refractivity contribution in [2.24, 2.45) is 0 Å². The number of rotatable bonds is 4. The van der Waals surface area contributed by atoms with Crippen LogP contribution in [-0.2, 0) is 16.3 Å². The molecule has 1 fully saturated rings. The average molecular weight is 421 g/mol. The van der Waals surface area contributed by atoms with Crippen LogP contribution in [0.5, 0.6) is 0 Å². The summed E-state index contributed by atoms with van der Waals surface area (Å²) in [6.07, 6.45) is 1.65. The third-order valence-electron chi connectivity index (χ3n) is 7.00. The molecule has 2 heterocycles. The molecule has 5 nitrogen and oxygen atoms in total. The van der Waals surface area contributed by atoms with E-state index < -0.39 is 11.1 Å². The number of hydrogen-bond acceptors (Lipinski definition) is 5. The van der Waals surface area contributed by atoms with Crippen LogP contribution in [0, 0.1) is 0 Å². The van der Waals surface area contributed by atoms with Crippen LogP contribution in [0.4, 0.5) is 0 Å². The molecule has 2 N–H and O–H groups in total. The number of nitrogens with zero attached hydrogens (tertiary/aromatic N) is 2. The zero-order valence-electron chi connectivity index (χ0n) is 19.2. The van der Waals surface area contributed by atoms with Crippen molar-refractivity contribution < 1.29 is 10.4 Å². The second kappa shape index (κ2) is 7.21. The average Bonchev–Trinajstić information content (AvgIpc) is 2.74. The molecule has 0 aliphatic carbocycles. The number of fused-ring (bicyclic) bond motifs is 1. The van der Waals surface area contributed by atoms with Crippen molar-refractivity contribution in [2.45, 2.75) is 102 Å². The molecule has 29 heavy (non-hydrogen) atoms. The predicted octanol–water partition coefficient (Wildman–Crippen LogP) is 4.79. The molecule has 0 aromatic heterocycles. The molecule has 1 radical (unpaired) electrons. The van der Waals surface area contributed by atoms with E-state index >= 15 is 0 Å². The SMILES string of the molecule is CC1(C)CC(NCC(S)c2ccc3c(c2)C(C)(C)N(O)C3(C)C)CC(C)(C)N1[O]. The molecular formula is C23H38N3O2S. The van der Waals surface area contributed by atoms with E-state index in [2.05, 4.69) is 37.4 Å². The van der Waals surface area contributed by atoms with Gasteiger partial charge in [0.05, 0.1) is 11.1 Å². The van der Waals surface area contributed by atoms with E-state index in [4.69, 9.17) is 12.6 Å². The number of hydroxylamine groups is 4. The van der Waals surface area contributed by atoms with Gasteiger partial charge in [0.15, 0.2) is 0 Å². The Hall–Kier alpha value is -0.630. The first-order valence-electron chi connectivity index (χ1n) is 10.6. The van der Waals surface area contributed by atoms with Crippen molar-refractivity contribution in [2.75, 3.05) is 6.54 Å². The van der Waals surface area contributed by atoms with Crippen molar-refractivity contribution in [3.63, 3.8) is 0 Å². The molecule has 1 aromatic rings. The lowest BCUT2D eigenvalue weighted by molar-refractivity contribution is -0.290. The molecule has 0 bridgehead atoms. The summed E-state index contributed by atoms with van der Waals surface area (Å²) in [5, 5.41) is 29.7. The minimum absolute atomic E-state index is 0.0449. The van der Waals surface area contributed by atoms with E-state index in [1.807, 2.05) is 41.5 Å². The van der Waals surface area contributed by atoms with Gasteiger partial charge < -0.3 is 10.5 Å². The maximum Gasteiger partial charge on any atom is 0.0665 e. The van der Waals surface area contributed by atoms with Crippen LogP contribution >= 0.6 is 12.6 Å². The maximum absolute atomic E-state index is 12.6. The Morgan fingerprint density at radius 2 is 1.55 bits per heavy atom. The quantitative estimate of drug-likeness (QED) is 0.613. The second-order valence-electron chi connectivity index (χ2n) is 11.2. The van der Waals surface area contributed by atoms with Crippen molar-refractivity contribution in [1.29, 1.82) is 0 Å². The molecule has 6 heteroatoms. The highest BCUT2D eigenvalue weighted by atomic mass is 32.1. The lowest BCUT2D eigenvalue weighted by atomic mass is 9.79. The van der Waals surface area contributed by atoms with E-state index in [1.54, 1.807) is 0 Å². The molecule has 0 saturated carbocycles. The second-order valence-corrected chi connectivity index (χ2v) is 11.8. The smallest absolute Gasteiger partial charge is 0.0665 e. The van der Waals surface area contributed by atoms with Gasteiger partial charge in [-0.25, -0.2) is 0 Å². The molecular weight excluding hydrogens is 382 g/mol. The van der Waals surface area contributed by atoms with Crippen LogP contribution in [0.1, 0.15) is 90.2 Å². The molecule has 1 saturated heterocycles. The monoisotopic (exact) mass is 420 g/mol. The fraction of sp³-hybridized carbons (Fsp3) is 0.739. The first kappa shape index (κ1) is 23.0. The first-order valence-corrected chi connectivity index (χ1v) is 11.2. The third kappa shape index (κ3) is 3.88. The molecule has 2 aliphatic heterocycles. The highest BCUT2D eigenvalue weighted by Crippen LogP contribution is 2.48. The highest BCUT2D eigenvalue weighted by Gasteiger charge is 2.49. The van der Waals surface area contributed by atoms with Crippen LogP contribution in [0.15, 0.2) is 18.2 Å². The van der Waals surface area contributed by atoms with Gasteiger partial charge in [-0.05, 0) is 84.9 Å². The van der Waals surface area contributed by atoms with Crippen molar-refractivity contribution in [1.82, 2.24) is 15.4 Å². The van der Waals surface area contributed by atoms with E-state index in [9.17, 15) is 10.4 Å². The van der Waals surface area contributed by atoms with Crippen LogP contribution < -0.4 is 5.32 Å². The summed E-state index contributed by atoms with van der Waals surface area (Å²) in [6, 6.07) is 6.75. The Morgan fingerprint density at radius 1 is 1.03 bits per heavy atom. The molecule has 1 aromatic carbocycles. The van der Waals surface area contributed by atoms with Gasteiger partial charge in [0.2, 0.25) is 0 Å². The molecule has 163 valence electrons. The van der Waals surface area contributed by atoms with Crippen LogP contribution in [0.3, 0.4) is 0 Å². The minimum Gasteiger partial charge on any atom is -0.312 e. The Balaban J connectivity index is 1.73. The van der Waals surface area contributed by atoms with Gasteiger partial charge in [-0.2, -0.15) is 17.7 Å². The van der Waals surface area contributed by atoms with Crippen LogP contribution in [-0.4, -0.2) is 39.0 Å². The minimum atomic E-state index is -0.440. The summed E-state index contributed by atoms with van der Waals surface area (Å²) >= 11 is 4.88. The van der Waals surface area contributed by atoms with Gasteiger partial charge in [0.1, 0.15) is 0 Å². The third-order valence-corrected chi connectivity index (χ3v) is 7.48. The number of piperidine rings is 1. The highest BCUT2D eigenvalue weighted by molar-refractivity contribution is 7.80. The molecule has 0 amide bonds. The fourth-order valence-corrected chi connectivity index (χ4v) is 5.81. The van der Waals surface area contributed by atoms with Crippen LogP contribution in [0.25, 0.3) is 0 Å². The van der Waals surface area contributed by atoms with Gasteiger partial charge in [-0.3, -0.25) is 0 Å². The lowest BCUT2D eigenvalue weighted by Gasteiger charge is -2.50. The van der Waals surface area contributed by atoms with Gasteiger partial charge in [-0.15, -0.1) is 10.3 Å². The van der Waals surface area contributed by atoms with Crippen molar-refractivity contribution in [3.8, 4) is 0 Å². The largest absolute Gasteiger partial charge is 0.312 e. The van der Waals surface area contributed by atoms with E-state index in [1.165, 1.54) is 10.1 Å². The Morgan fingerprint density at radius 3 is 2.10 bits per heavy atom. The Labute approximate surface area is 181 Å². The number of nitrogens with one attached hydrogen (secondary N) is 1. The van der Waals surface area contributed by atoms with Gasteiger partial charge in [0.25, 0.3) is 0 Å². The summed E-state index contributed by atoms with van der Waals surface area (Å²) in [5.74, 6) is 0. The summed E-state index contributed by atoms with van der Waals surface area (Å²) in [5.41, 5.74) is 1.87. The van der Waals surface area contributed by atoms with Gasteiger partial charge >= 0.3 is 0 Å². The molecule has 3 rings (SSSR count). The van der Waals surface area contributed by atoms with Gasteiger partial charge in [-0.1, -0.05) is 18.2 Å². The van der Waals surface area contributed by atoms with Gasteiger partial charge in [0, 0.05) is 28.9 Å². The predicted molar refractivity (Wildman–Crippen MR) is 120 cm³/mol. The number of hydrogen-bond donors (Lipinski definition) is 3.